The zero-order valence-electron chi connectivity index (χ0n) is 11.3. The quantitative estimate of drug-likeness (QED) is 0.625. The zero-order valence-corrected chi connectivity index (χ0v) is 12.2. The average Bonchev–Trinajstić information content (AvgIpc) is 2.41. The lowest BCUT2D eigenvalue weighted by Gasteiger charge is -2.33. The van der Waals surface area contributed by atoms with Gasteiger partial charge in [-0.05, 0) is 24.5 Å². The van der Waals surface area contributed by atoms with E-state index in [9.17, 15) is 28.7 Å². The van der Waals surface area contributed by atoms with Gasteiger partial charge in [0.2, 0.25) is 10.0 Å². The Labute approximate surface area is 121 Å². The molecule has 1 aromatic carbocycles. The van der Waals surface area contributed by atoms with Gasteiger partial charge in [-0.1, -0.05) is 6.92 Å². The van der Waals surface area contributed by atoms with Crippen LogP contribution in [0.25, 0.3) is 0 Å². The summed E-state index contributed by atoms with van der Waals surface area (Å²) in [6.07, 6.45) is -0.230. The summed E-state index contributed by atoms with van der Waals surface area (Å²) in [6, 6.07) is 2.97. The monoisotopic (exact) mass is 316 g/mol. The smallest absolute Gasteiger partial charge is 0.312 e. The minimum atomic E-state index is -3.88. The minimum Gasteiger partial charge on any atom is -0.502 e. The highest BCUT2D eigenvalue weighted by Crippen LogP contribution is 2.31. The second kappa shape index (κ2) is 5.58. The molecule has 9 heteroatoms. The molecule has 1 aromatic rings. The first-order valence-corrected chi connectivity index (χ1v) is 7.83. The molecule has 0 radical (unpaired) electrons. The number of nitro groups is 1. The molecule has 21 heavy (non-hydrogen) atoms. The largest absolute Gasteiger partial charge is 0.502 e. The van der Waals surface area contributed by atoms with Crippen LogP contribution in [0.2, 0.25) is 0 Å². The highest BCUT2D eigenvalue weighted by atomic mass is 32.2. The number of nitrogens with zero attached hydrogens (tertiary/aromatic N) is 2. The molecule has 2 unspecified atom stereocenters. The summed E-state index contributed by atoms with van der Waals surface area (Å²) in [7, 11) is -3.88. The van der Waals surface area contributed by atoms with E-state index in [1.54, 1.807) is 6.92 Å². The lowest BCUT2D eigenvalue weighted by Crippen LogP contribution is -2.44. The molecule has 8 nitrogen and oxygen atoms in total. The van der Waals surface area contributed by atoms with Gasteiger partial charge in [0.25, 0.3) is 0 Å². The molecular weight excluding hydrogens is 300 g/mol. The van der Waals surface area contributed by atoms with Gasteiger partial charge in [0, 0.05) is 19.2 Å². The van der Waals surface area contributed by atoms with Gasteiger partial charge in [-0.3, -0.25) is 10.1 Å². The van der Waals surface area contributed by atoms with Gasteiger partial charge < -0.3 is 10.2 Å². The van der Waals surface area contributed by atoms with Crippen molar-refractivity contribution in [2.24, 2.45) is 5.92 Å². The van der Waals surface area contributed by atoms with Crippen molar-refractivity contribution in [3.05, 3.63) is 28.3 Å². The van der Waals surface area contributed by atoms with Crippen LogP contribution in [0.5, 0.6) is 5.75 Å². The van der Waals surface area contributed by atoms with Crippen LogP contribution in [0, 0.1) is 16.0 Å². The van der Waals surface area contributed by atoms with E-state index in [4.69, 9.17) is 0 Å². The van der Waals surface area contributed by atoms with E-state index >= 15 is 0 Å². The summed E-state index contributed by atoms with van der Waals surface area (Å²) in [4.78, 5) is 9.70. The van der Waals surface area contributed by atoms with E-state index < -0.39 is 32.5 Å². The first-order chi connectivity index (χ1) is 9.73. The fourth-order valence-corrected chi connectivity index (χ4v) is 3.85. The third-order valence-corrected chi connectivity index (χ3v) is 5.47. The van der Waals surface area contributed by atoms with Crippen molar-refractivity contribution in [1.29, 1.82) is 0 Å². The number of sulfonamides is 1. The highest BCUT2D eigenvalue weighted by Gasteiger charge is 2.33. The number of aliphatic hydroxyl groups is 1. The molecule has 0 aromatic heterocycles. The molecule has 2 atom stereocenters. The number of phenols is 1. The molecule has 2 N–H and O–H groups in total. The van der Waals surface area contributed by atoms with Gasteiger partial charge in [0.05, 0.1) is 15.9 Å². The number of hydrogen-bond donors (Lipinski definition) is 2. The molecule has 1 saturated heterocycles. The van der Waals surface area contributed by atoms with E-state index in [-0.39, 0.29) is 23.9 Å². The van der Waals surface area contributed by atoms with E-state index in [0.717, 1.165) is 18.2 Å². The minimum absolute atomic E-state index is 0.151. The van der Waals surface area contributed by atoms with Crippen molar-refractivity contribution in [2.75, 3.05) is 13.1 Å². The van der Waals surface area contributed by atoms with Gasteiger partial charge in [-0.2, -0.15) is 4.31 Å². The Hall–Kier alpha value is -1.71. The fourth-order valence-electron chi connectivity index (χ4n) is 2.27. The third-order valence-electron chi connectivity index (χ3n) is 3.60. The highest BCUT2D eigenvalue weighted by molar-refractivity contribution is 7.89. The van der Waals surface area contributed by atoms with Crippen LogP contribution in [0.4, 0.5) is 5.69 Å². The molecule has 0 amide bonds. The maximum absolute atomic E-state index is 12.5. The standard InChI is InChI=1S/C12H16N2O6S/c1-8-7-13(5-4-11(8)15)21(19,20)9-2-3-12(16)10(6-9)14(17)18/h2-3,6,8,11,15-16H,4-5,7H2,1H3. The van der Waals surface area contributed by atoms with Crippen LogP contribution in [-0.4, -0.2) is 47.1 Å². The topological polar surface area (TPSA) is 121 Å². The maximum Gasteiger partial charge on any atom is 0.312 e. The Morgan fingerprint density at radius 3 is 2.67 bits per heavy atom. The average molecular weight is 316 g/mol. The number of benzene rings is 1. The number of rotatable bonds is 3. The molecule has 1 aliphatic rings. The molecule has 1 aliphatic heterocycles. The molecule has 1 fully saturated rings. The number of hydrogen-bond acceptors (Lipinski definition) is 6. The Morgan fingerprint density at radius 1 is 1.43 bits per heavy atom. The maximum atomic E-state index is 12.5. The second-order valence-corrected chi connectivity index (χ2v) is 7.04. The predicted octanol–water partition coefficient (Wildman–Crippen LogP) is 0.692. The fraction of sp³-hybridized carbons (Fsp3) is 0.500. The van der Waals surface area contributed by atoms with Gasteiger partial charge in [0.15, 0.2) is 5.75 Å². The molecular formula is C12H16N2O6S. The number of aliphatic hydroxyl groups excluding tert-OH is 1. The van der Waals surface area contributed by atoms with E-state index in [0.29, 0.717) is 6.42 Å². The van der Waals surface area contributed by atoms with Gasteiger partial charge >= 0.3 is 5.69 Å². The Bertz CT molecular complexity index is 660. The molecule has 2 rings (SSSR count). The lowest BCUT2D eigenvalue weighted by atomic mass is 9.99. The van der Waals surface area contributed by atoms with Gasteiger partial charge in [0.1, 0.15) is 0 Å². The van der Waals surface area contributed by atoms with Crippen LogP contribution in [0.1, 0.15) is 13.3 Å². The molecule has 0 aliphatic carbocycles. The Morgan fingerprint density at radius 2 is 2.10 bits per heavy atom. The molecule has 0 bridgehead atoms. The van der Waals surface area contributed by atoms with E-state index in [1.807, 2.05) is 0 Å². The summed E-state index contributed by atoms with van der Waals surface area (Å²) in [5, 5.41) is 29.8. The van der Waals surface area contributed by atoms with Crippen molar-refractivity contribution >= 4 is 15.7 Å². The van der Waals surface area contributed by atoms with Crippen LogP contribution < -0.4 is 0 Å². The zero-order chi connectivity index (χ0) is 15.8. The molecule has 0 saturated carbocycles. The Balaban J connectivity index is 2.36. The summed E-state index contributed by atoms with van der Waals surface area (Å²) in [5.74, 6) is -0.790. The van der Waals surface area contributed by atoms with Crippen LogP contribution in [0.3, 0.4) is 0 Å². The first-order valence-electron chi connectivity index (χ1n) is 6.39. The van der Waals surface area contributed by atoms with Crippen molar-refractivity contribution in [3.8, 4) is 5.75 Å². The number of nitro benzene ring substituents is 1. The number of aromatic hydroxyl groups is 1. The van der Waals surface area contributed by atoms with Crippen molar-refractivity contribution in [1.82, 2.24) is 4.31 Å². The molecule has 1 heterocycles. The SMILES string of the molecule is CC1CN(S(=O)(=O)c2ccc(O)c([N+](=O)[O-])c2)CCC1O. The first kappa shape index (κ1) is 15.7. The van der Waals surface area contributed by atoms with Gasteiger partial charge in [-0.15, -0.1) is 0 Å². The Kier molecular flexibility index (Phi) is 4.17. The van der Waals surface area contributed by atoms with Crippen molar-refractivity contribution < 1.29 is 23.6 Å². The van der Waals surface area contributed by atoms with E-state index in [1.165, 1.54) is 4.31 Å². The summed E-state index contributed by atoms with van der Waals surface area (Å²) in [6.45, 7) is 2.05. The van der Waals surface area contributed by atoms with E-state index in [2.05, 4.69) is 0 Å². The molecule has 116 valence electrons. The third kappa shape index (κ3) is 2.99. The molecule has 0 spiro atoms. The van der Waals surface area contributed by atoms with Crippen LogP contribution in [-0.2, 0) is 10.0 Å². The van der Waals surface area contributed by atoms with Crippen LogP contribution >= 0.6 is 0 Å². The van der Waals surface area contributed by atoms with Crippen molar-refractivity contribution in [2.45, 2.75) is 24.3 Å². The number of phenolic OH excluding ortho intramolecular Hbond substituents is 1. The van der Waals surface area contributed by atoms with Crippen LogP contribution in [0.15, 0.2) is 23.1 Å². The summed E-state index contributed by atoms with van der Waals surface area (Å²) < 4.78 is 26.1. The van der Waals surface area contributed by atoms with Crippen molar-refractivity contribution in [3.63, 3.8) is 0 Å². The predicted molar refractivity (Wildman–Crippen MR) is 73.3 cm³/mol. The second-order valence-electron chi connectivity index (χ2n) is 5.10. The number of piperidine rings is 1. The summed E-state index contributed by atoms with van der Waals surface area (Å²) in [5.41, 5.74) is -0.652. The lowest BCUT2D eigenvalue weighted by molar-refractivity contribution is -0.386. The van der Waals surface area contributed by atoms with Gasteiger partial charge in [-0.25, -0.2) is 8.42 Å². The normalized spacial score (nSPS) is 23.9. The summed E-state index contributed by atoms with van der Waals surface area (Å²) >= 11 is 0.